The Kier molecular flexibility index (Phi) is 18.6. The van der Waals surface area contributed by atoms with E-state index in [9.17, 15) is 0 Å². The first-order chi connectivity index (χ1) is 63.6. The summed E-state index contributed by atoms with van der Waals surface area (Å²) in [5.41, 5.74) is 8.69. The number of imidazole rings is 3. The SMILES string of the molecule is S=P(c1ccccc1)(c1ccccc1)c1cccc2cc3c4ccc5ccccc5c4c4nc5ccccc5n4c3cc12.[Se]=P(c1ccccc1)(c1ccccc1)c1c2ccccc2cc2c3ccc4ccccc4c3c3nc4ccccc4n3c12.[Se]=P(c1ccccc1)(c1ccccc1)c1ccc2cc3c4ccc5ccccc5c4c4nc5ccccc5n4c3cc2c1. The number of benzene rings is 21. The molecule has 27 rings (SSSR count). The van der Waals surface area contributed by atoms with Crippen molar-refractivity contribution in [3.05, 3.63) is 455 Å². The summed E-state index contributed by atoms with van der Waals surface area (Å²) in [5.74, 6) is 0. The van der Waals surface area contributed by atoms with Gasteiger partial charge in [-0.2, -0.15) is 0 Å². The minimum atomic E-state index is -2.37. The van der Waals surface area contributed by atoms with E-state index in [0.717, 1.165) is 55.6 Å². The molecule has 0 aliphatic rings. The van der Waals surface area contributed by atoms with Gasteiger partial charge in [0.2, 0.25) is 0 Å². The van der Waals surface area contributed by atoms with Crippen LogP contribution >= 0.6 is 17.1 Å². The van der Waals surface area contributed by atoms with E-state index >= 15 is 0 Å². The summed E-state index contributed by atoms with van der Waals surface area (Å²) < 4.78 is 7.20. The van der Waals surface area contributed by atoms with Gasteiger partial charge in [0.05, 0.1) is 16.6 Å². The molecule has 6 nitrogen and oxygen atoms in total. The molecule has 0 N–H and O–H groups in total. The number of hydrogen-bond donors (Lipinski definition) is 0. The van der Waals surface area contributed by atoms with Crippen molar-refractivity contribution < 1.29 is 0 Å². The maximum atomic E-state index is 6.83. The van der Waals surface area contributed by atoms with Gasteiger partial charge in [0.25, 0.3) is 0 Å². The first-order valence-corrected chi connectivity index (χ1v) is 54.3. The molecule has 6 aromatic heterocycles. The molecule has 0 saturated carbocycles. The van der Waals surface area contributed by atoms with E-state index < -0.39 is 17.1 Å². The Morgan fingerprint density at radius 3 is 1.00 bits per heavy atom. The number of fused-ring (bicyclic) bond motifs is 33. The average molecular weight is 1850 g/mol. The van der Waals surface area contributed by atoms with Gasteiger partial charge >= 0.3 is 509 Å². The minimum absolute atomic E-state index is 0.989. The van der Waals surface area contributed by atoms with Gasteiger partial charge in [0.15, 0.2) is 0 Å². The van der Waals surface area contributed by atoms with Gasteiger partial charge in [0.1, 0.15) is 5.65 Å². The third-order valence-corrected chi connectivity index (χ3v) is 45.3. The quantitative estimate of drug-likeness (QED) is 0.0625. The molecule has 0 aliphatic heterocycles. The number of nitrogens with zero attached hydrogens (tertiary/aromatic N) is 6. The zero-order valence-corrected chi connectivity index (χ0v) is 76.5. The molecule has 6 heterocycles. The summed E-state index contributed by atoms with van der Waals surface area (Å²) in [7, 11) is 0. The van der Waals surface area contributed by atoms with Crippen LogP contribution in [-0.2, 0) is 11.8 Å². The van der Waals surface area contributed by atoms with E-state index in [0.29, 0.717) is 0 Å². The Morgan fingerprint density at radius 2 is 0.535 bits per heavy atom. The number of pyridine rings is 3. The van der Waals surface area contributed by atoms with Crippen molar-refractivity contribution in [2.24, 2.45) is 0 Å². The van der Waals surface area contributed by atoms with Gasteiger partial charge in [-0.25, -0.2) is 4.98 Å². The summed E-state index contributed by atoms with van der Waals surface area (Å²) in [6, 6.07) is 163. The number of para-hydroxylation sites is 6. The van der Waals surface area contributed by atoms with E-state index in [1.54, 1.807) is 0 Å². The third kappa shape index (κ3) is 12.2. The molecule has 0 bridgehead atoms. The molecule has 606 valence electrons. The second-order valence-electron chi connectivity index (χ2n) is 33.4. The molecule has 0 atom stereocenters. The average Bonchev–Trinajstić information content (AvgIpc) is 1.66. The van der Waals surface area contributed by atoms with Crippen molar-refractivity contribution in [3.8, 4) is 0 Å². The van der Waals surface area contributed by atoms with Crippen LogP contribution in [0.25, 0.3) is 180 Å². The van der Waals surface area contributed by atoms with Crippen molar-refractivity contribution in [1.29, 1.82) is 0 Å². The molecule has 129 heavy (non-hydrogen) atoms. The van der Waals surface area contributed by atoms with Crippen LogP contribution in [0.3, 0.4) is 0 Å². The van der Waals surface area contributed by atoms with Gasteiger partial charge < -0.3 is 0 Å². The van der Waals surface area contributed by atoms with Crippen molar-refractivity contribution in [2.45, 2.75) is 0 Å². The Hall–Kier alpha value is -13.9. The fourth-order valence-corrected chi connectivity index (χ4v) is 35.3. The summed E-state index contributed by atoms with van der Waals surface area (Å²) in [6.45, 7) is 0. The molecule has 12 heteroatoms. The van der Waals surface area contributed by atoms with Crippen LogP contribution in [0.4, 0.5) is 0 Å². The van der Waals surface area contributed by atoms with E-state index in [1.807, 2.05) is 0 Å². The predicted octanol–water partition coefficient (Wildman–Crippen LogP) is 25.8. The molecular weight excluding hydrogens is 1770 g/mol. The molecule has 21 aromatic carbocycles. The second kappa shape index (κ2) is 31.0. The van der Waals surface area contributed by atoms with E-state index in [4.69, 9.17) is 26.8 Å². The Morgan fingerprint density at radius 1 is 0.202 bits per heavy atom. The maximum absolute atomic E-state index is 6.83. The Balaban J connectivity index is 0.000000105. The van der Waals surface area contributed by atoms with Crippen LogP contribution in [0.5, 0.6) is 0 Å². The molecule has 0 radical (unpaired) electrons. The summed E-state index contributed by atoms with van der Waals surface area (Å²) in [6.07, 6.45) is 0. The van der Waals surface area contributed by atoms with Crippen LogP contribution in [0, 0.1) is 0 Å². The van der Waals surface area contributed by atoms with Crippen molar-refractivity contribution in [3.63, 3.8) is 0 Å². The van der Waals surface area contributed by atoms with Gasteiger partial charge in [0, 0.05) is 22.1 Å². The van der Waals surface area contributed by atoms with Crippen LogP contribution in [0.15, 0.2) is 455 Å². The summed E-state index contributed by atoms with van der Waals surface area (Å²) in [5, 5.41) is 37.3. The van der Waals surface area contributed by atoms with Crippen molar-refractivity contribution in [2.75, 3.05) is 0 Å². The first kappa shape index (κ1) is 77.5. The predicted molar refractivity (Wildman–Crippen MR) is 563 cm³/mol. The van der Waals surface area contributed by atoms with Crippen molar-refractivity contribution >= 4 is 287 Å². The molecule has 0 saturated heterocycles. The van der Waals surface area contributed by atoms with Gasteiger partial charge in [-0.3, -0.25) is 4.40 Å². The van der Waals surface area contributed by atoms with Crippen LogP contribution in [0.1, 0.15) is 0 Å². The monoisotopic (exact) mass is 1850 g/mol. The summed E-state index contributed by atoms with van der Waals surface area (Å²) in [4.78, 5) is 15.8. The topological polar surface area (TPSA) is 51.9 Å². The van der Waals surface area contributed by atoms with Gasteiger partial charge in [-0.05, 0) is 61.8 Å². The fraction of sp³-hybridized carbons (Fsp3) is 0. The normalized spacial score (nSPS) is 12.3. The molecule has 0 aliphatic carbocycles. The molecular formula is C117H75N6P3SSe2. The Bertz CT molecular complexity index is 9360. The van der Waals surface area contributed by atoms with Crippen LogP contribution < -0.4 is 47.7 Å². The number of hydrogen-bond acceptors (Lipinski definition) is 4. The number of rotatable bonds is 9. The zero-order valence-electron chi connectivity index (χ0n) is 69.6. The van der Waals surface area contributed by atoms with Crippen molar-refractivity contribution in [1.82, 2.24) is 28.2 Å². The van der Waals surface area contributed by atoms with Gasteiger partial charge in [-0.1, -0.05) is 145 Å². The summed E-state index contributed by atoms with van der Waals surface area (Å²) >= 11 is 14.4. The molecule has 0 fully saturated rings. The molecule has 0 amide bonds. The first-order valence-electron chi connectivity index (χ1n) is 43.5. The molecule has 27 aromatic rings. The van der Waals surface area contributed by atoms with E-state index in [-0.39, 0.29) is 0 Å². The van der Waals surface area contributed by atoms with E-state index in [1.165, 1.54) is 172 Å². The fourth-order valence-electron chi connectivity index (χ4n) is 20.5. The Labute approximate surface area is 763 Å². The number of aromatic nitrogens is 6. The standard InChI is InChI=1S/C39H25N2PS.2C39H25N2PSe/c43-42(28-14-3-1-4-15-28,29-16-5-2-6-17-29)37-21-11-13-27-24-33-31-23-22-26-12-7-8-18-30(26)38(31)39-40-34-19-9-10-20-35(34)41(39)36(33)25-32(27)37;43-42(28-15-3-1-4-16-28,29-17-5-2-6-18-29)38-31-20-10-8-14-27(31)25-33-32-24-23-26-13-7-9-19-30(26)36(32)39-40-34-21-11-12-22-35(34)41(39)37(33)38;43-42(29-12-3-1-4-13-29,30-14-5-2-6-15-30)31-21-19-27-24-34-33-22-20-26-11-7-8-16-32(26)38(33)39-40-35-17-9-10-18-36(35)41(39)37(34)25-28(27)23-31/h3*1-25H. The third-order valence-electron chi connectivity index (χ3n) is 26.4. The molecule has 0 spiro atoms. The van der Waals surface area contributed by atoms with Crippen LogP contribution in [-0.4, -0.2) is 58.4 Å². The van der Waals surface area contributed by atoms with Crippen LogP contribution in [0.2, 0.25) is 0 Å². The van der Waals surface area contributed by atoms with Gasteiger partial charge in [-0.15, -0.1) is 0 Å². The zero-order chi connectivity index (χ0) is 85.6. The molecule has 0 unspecified atom stereocenters. The van der Waals surface area contributed by atoms with E-state index in [2.05, 4.69) is 498 Å². The second-order valence-corrected chi connectivity index (χ2v) is 50.1.